The first-order chi connectivity index (χ1) is 12.2. The molecule has 1 heterocycles. The van der Waals surface area contributed by atoms with E-state index in [1.807, 2.05) is 23.1 Å². The second kappa shape index (κ2) is 7.19. The number of carbonyl (C=O) groups is 2. The summed E-state index contributed by atoms with van der Waals surface area (Å²) in [5, 5.41) is 3.33. The Labute approximate surface area is 150 Å². The number of amides is 2. The Morgan fingerprint density at radius 1 is 0.960 bits per heavy atom. The minimum absolute atomic E-state index is 0.0530. The number of benzene rings is 1. The highest BCUT2D eigenvalue weighted by Crippen LogP contribution is 2.38. The predicted octanol–water partition coefficient (Wildman–Crippen LogP) is 3.29. The van der Waals surface area contributed by atoms with Crippen LogP contribution in [0.4, 0.5) is 0 Å². The van der Waals surface area contributed by atoms with Crippen molar-refractivity contribution in [1.82, 2.24) is 10.2 Å². The Bertz CT molecular complexity index is 622. The molecule has 0 spiro atoms. The Balaban J connectivity index is 1.41. The van der Waals surface area contributed by atoms with Crippen molar-refractivity contribution < 1.29 is 9.59 Å². The summed E-state index contributed by atoms with van der Waals surface area (Å²) in [5.74, 6) is 1.15. The van der Waals surface area contributed by atoms with Gasteiger partial charge in [0, 0.05) is 19.0 Å². The van der Waals surface area contributed by atoms with E-state index in [9.17, 15) is 9.59 Å². The van der Waals surface area contributed by atoms with E-state index in [1.165, 1.54) is 24.8 Å². The molecule has 1 aromatic carbocycles. The number of nitrogens with zero attached hydrogens (tertiary/aromatic N) is 1. The Morgan fingerprint density at radius 2 is 1.72 bits per heavy atom. The van der Waals surface area contributed by atoms with Gasteiger partial charge in [0.15, 0.2) is 0 Å². The molecule has 4 rings (SSSR count). The zero-order valence-electron chi connectivity index (χ0n) is 14.8. The quantitative estimate of drug-likeness (QED) is 0.894. The lowest BCUT2D eigenvalue weighted by Gasteiger charge is -2.37. The maximum absolute atomic E-state index is 12.9. The van der Waals surface area contributed by atoms with Crippen LogP contribution < -0.4 is 5.32 Å². The summed E-state index contributed by atoms with van der Waals surface area (Å²) < 4.78 is 0. The third-order valence-electron chi connectivity index (χ3n) is 6.11. The second-order valence-electron chi connectivity index (χ2n) is 7.99. The van der Waals surface area contributed by atoms with Gasteiger partial charge < -0.3 is 10.2 Å². The minimum atomic E-state index is -0.0530. The van der Waals surface area contributed by atoms with Crippen LogP contribution in [0.1, 0.15) is 56.6 Å². The molecular weight excluding hydrogens is 312 g/mol. The van der Waals surface area contributed by atoms with Crippen molar-refractivity contribution >= 4 is 11.8 Å². The van der Waals surface area contributed by atoms with Crippen molar-refractivity contribution in [3.63, 3.8) is 0 Å². The summed E-state index contributed by atoms with van der Waals surface area (Å²) in [7, 11) is 0. The van der Waals surface area contributed by atoms with E-state index in [-0.39, 0.29) is 29.7 Å². The Morgan fingerprint density at radius 3 is 2.36 bits per heavy atom. The highest BCUT2D eigenvalue weighted by molar-refractivity contribution is 5.83. The maximum Gasteiger partial charge on any atom is 0.225 e. The maximum atomic E-state index is 12.9. The molecule has 0 radical (unpaired) electrons. The predicted molar refractivity (Wildman–Crippen MR) is 96.7 cm³/mol. The van der Waals surface area contributed by atoms with Crippen molar-refractivity contribution in [3.8, 4) is 0 Å². The number of piperidine rings is 1. The van der Waals surface area contributed by atoms with Gasteiger partial charge in [-0.2, -0.15) is 0 Å². The van der Waals surface area contributed by atoms with Crippen LogP contribution in [-0.4, -0.2) is 29.8 Å². The SMILES string of the molecule is O=C(N[C@@H](c1ccccc1)C1CCC1)[C@@H]1CCCN(C(=O)C2CC2)C1. The number of nitrogens with one attached hydrogen (secondary N) is 1. The van der Waals surface area contributed by atoms with Gasteiger partial charge in [-0.3, -0.25) is 9.59 Å². The number of likely N-dealkylation sites (tertiary alicyclic amines) is 1. The zero-order valence-corrected chi connectivity index (χ0v) is 14.8. The van der Waals surface area contributed by atoms with Crippen LogP contribution in [-0.2, 0) is 9.59 Å². The Kier molecular flexibility index (Phi) is 4.78. The number of hydrogen-bond donors (Lipinski definition) is 1. The van der Waals surface area contributed by atoms with E-state index >= 15 is 0 Å². The number of rotatable bonds is 5. The molecule has 2 aliphatic carbocycles. The molecule has 1 aliphatic heterocycles. The fourth-order valence-corrected chi connectivity index (χ4v) is 4.16. The van der Waals surface area contributed by atoms with Crippen molar-refractivity contribution in [1.29, 1.82) is 0 Å². The van der Waals surface area contributed by atoms with Gasteiger partial charge in [-0.25, -0.2) is 0 Å². The molecular formula is C21H28N2O2. The fourth-order valence-electron chi connectivity index (χ4n) is 4.16. The molecule has 2 saturated carbocycles. The van der Waals surface area contributed by atoms with Gasteiger partial charge in [0.2, 0.25) is 11.8 Å². The lowest BCUT2D eigenvalue weighted by molar-refractivity contribution is -0.137. The average molecular weight is 340 g/mol. The van der Waals surface area contributed by atoms with Gasteiger partial charge in [-0.15, -0.1) is 0 Å². The summed E-state index contributed by atoms with van der Waals surface area (Å²) in [6, 6.07) is 10.5. The second-order valence-corrected chi connectivity index (χ2v) is 7.99. The smallest absolute Gasteiger partial charge is 0.225 e. The molecule has 1 N–H and O–H groups in total. The molecule has 2 atom stereocenters. The topological polar surface area (TPSA) is 49.4 Å². The van der Waals surface area contributed by atoms with Crippen molar-refractivity contribution in [2.24, 2.45) is 17.8 Å². The number of carbonyl (C=O) groups excluding carboxylic acids is 2. The molecule has 0 aromatic heterocycles. The van der Waals surface area contributed by atoms with Crippen LogP contribution in [0.5, 0.6) is 0 Å². The molecule has 134 valence electrons. The third-order valence-corrected chi connectivity index (χ3v) is 6.11. The van der Waals surface area contributed by atoms with Crippen molar-refractivity contribution in [2.45, 2.75) is 51.0 Å². The molecule has 0 bridgehead atoms. The van der Waals surface area contributed by atoms with Gasteiger partial charge in [-0.1, -0.05) is 36.8 Å². The molecule has 3 aliphatic rings. The molecule has 2 amide bonds. The van der Waals surface area contributed by atoms with Gasteiger partial charge in [0.1, 0.15) is 0 Å². The van der Waals surface area contributed by atoms with Gasteiger partial charge in [0.05, 0.1) is 12.0 Å². The van der Waals surface area contributed by atoms with E-state index in [0.717, 1.165) is 32.2 Å². The van der Waals surface area contributed by atoms with Gasteiger partial charge in [-0.05, 0) is 50.0 Å². The van der Waals surface area contributed by atoms with Gasteiger partial charge in [0.25, 0.3) is 0 Å². The first kappa shape index (κ1) is 16.6. The van der Waals surface area contributed by atoms with Crippen LogP contribution >= 0.6 is 0 Å². The van der Waals surface area contributed by atoms with E-state index in [0.29, 0.717) is 12.5 Å². The van der Waals surface area contributed by atoms with E-state index in [4.69, 9.17) is 0 Å². The minimum Gasteiger partial charge on any atom is -0.349 e. The molecule has 0 unspecified atom stereocenters. The summed E-state index contributed by atoms with van der Waals surface area (Å²) in [4.78, 5) is 27.2. The molecule has 25 heavy (non-hydrogen) atoms. The van der Waals surface area contributed by atoms with Crippen LogP contribution in [0.25, 0.3) is 0 Å². The first-order valence-electron chi connectivity index (χ1n) is 9.86. The number of hydrogen-bond acceptors (Lipinski definition) is 2. The first-order valence-corrected chi connectivity index (χ1v) is 9.86. The largest absolute Gasteiger partial charge is 0.349 e. The zero-order chi connectivity index (χ0) is 17.2. The van der Waals surface area contributed by atoms with Crippen molar-refractivity contribution in [2.75, 3.05) is 13.1 Å². The summed E-state index contributed by atoms with van der Waals surface area (Å²) >= 11 is 0. The summed E-state index contributed by atoms with van der Waals surface area (Å²) in [5.41, 5.74) is 1.21. The highest BCUT2D eigenvalue weighted by atomic mass is 16.2. The fraction of sp³-hybridized carbons (Fsp3) is 0.619. The van der Waals surface area contributed by atoms with Crippen LogP contribution in [0.2, 0.25) is 0 Å². The van der Waals surface area contributed by atoms with Crippen LogP contribution in [0.15, 0.2) is 30.3 Å². The molecule has 3 fully saturated rings. The third kappa shape index (κ3) is 3.73. The summed E-state index contributed by atoms with van der Waals surface area (Å²) in [6.07, 6.45) is 7.54. The normalized spacial score (nSPS) is 25.1. The van der Waals surface area contributed by atoms with E-state index in [2.05, 4.69) is 17.4 Å². The van der Waals surface area contributed by atoms with Crippen LogP contribution in [0.3, 0.4) is 0 Å². The monoisotopic (exact) mass is 340 g/mol. The molecule has 1 saturated heterocycles. The standard InChI is InChI=1S/C21H28N2O2/c24-20(18-10-5-13-23(14-18)21(25)17-11-12-17)22-19(16-8-4-9-16)15-6-2-1-3-7-15/h1-3,6-7,16-19H,4-5,8-14H2,(H,22,24)/t18-,19+/m1/s1. The molecule has 4 heteroatoms. The highest BCUT2D eigenvalue weighted by Gasteiger charge is 2.38. The lowest BCUT2D eigenvalue weighted by atomic mass is 9.77. The average Bonchev–Trinajstić information content (AvgIpc) is 3.45. The van der Waals surface area contributed by atoms with E-state index < -0.39 is 0 Å². The summed E-state index contributed by atoms with van der Waals surface area (Å²) in [6.45, 7) is 1.43. The van der Waals surface area contributed by atoms with Gasteiger partial charge >= 0.3 is 0 Å². The van der Waals surface area contributed by atoms with Crippen LogP contribution in [0, 0.1) is 17.8 Å². The molecule has 4 nitrogen and oxygen atoms in total. The lowest BCUT2D eigenvalue weighted by Crippen LogP contribution is -2.47. The van der Waals surface area contributed by atoms with E-state index in [1.54, 1.807) is 0 Å². The Hall–Kier alpha value is -1.84. The molecule has 1 aromatic rings. The van der Waals surface area contributed by atoms with Crippen molar-refractivity contribution in [3.05, 3.63) is 35.9 Å².